The minimum atomic E-state index is -0.146. The van der Waals surface area contributed by atoms with Crippen molar-refractivity contribution in [1.82, 2.24) is 5.01 Å². The predicted octanol–water partition coefficient (Wildman–Crippen LogP) is 6.92. The molecule has 0 unspecified atom stereocenters. The van der Waals surface area contributed by atoms with Gasteiger partial charge in [-0.25, -0.2) is 5.01 Å². The number of hydrazone groups is 1. The van der Waals surface area contributed by atoms with Gasteiger partial charge in [0.25, 0.3) is 5.91 Å². The lowest BCUT2D eigenvalue weighted by atomic mass is 9.77. The zero-order valence-electron chi connectivity index (χ0n) is 20.9. The number of hydrogen-bond acceptors (Lipinski definition) is 4. The fourth-order valence-corrected chi connectivity index (χ4v) is 5.17. The van der Waals surface area contributed by atoms with Crippen LogP contribution in [0, 0.1) is 5.92 Å². The number of nitrogens with zero attached hydrogens (tertiary/aromatic N) is 2. The molecule has 3 aromatic rings. The number of carbonyl (C=O) groups is 1. The minimum Gasteiger partial charge on any atom is -0.494 e. The van der Waals surface area contributed by atoms with Crippen LogP contribution in [0.1, 0.15) is 60.6 Å². The summed E-state index contributed by atoms with van der Waals surface area (Å²) in [7, 11) is 0. The summed E-state index contributed by atoms with van der Waals surface area (Å²) in [6, 6.07) is 25.6. The van der Waals surface area contributed by atoms with Crippen molar-refractivity contribution in [3.8, 4) is 11.5 Å². The third-order valence-corrected chi connectivity index (χ3v) is 6.79. The molecule has 0 bridgehead atoms. The normalized spacial score (nSPS) is 20.1. The van der Waals surface area contributed by atoms with Gasteiger partial charge in [-0.2, -0.15) is 5.10 Å². The third-order valence-electron chi connectivity index (χ3n) is 6.79. The van der Waals surface area contributed by atoms with E-state index in [1.165, 1.54) is 5.57 Å². The van der Waals surface area contributed by atoms with Crippen LogP contribution < -0.4 is 9.47 Å². The lowest BCUT2D eigenvalue weighted by molar-refractivity contribution is 0.0681. The molecule has 0 N–H and O–H groups in total. The first kappa shape index (κ1) is 23.9. The van der Waals surface area contributed by atoms with Gasteiger partial charge >= 0.3 is 0 Å². The van der Waals surface area contributed by atoms with E-state index in [-0.39, 0.29) is 17.9 Å². The van der Waals surface area contributed by atoms with Gasteiger partial charge in [0.1, 0.15) is 11.5 Å². The van der Waals surface area contributed by atoms with Crippen LogP contribution in [0.2, 0.25) is 0 Å². The lowest BCUT2D eigenvalue weighted by Crippen LogP contribution is -2.31. The highest BCUT2D eigenvalue weighted by molar-refractivity contribution is 6.09. The molecule has 1 fully saturated rings. The van der Waals surface area contributed by atoms with E-state index in [4.69, 9.17) is 14.6 Å². The van der Waals surface area contributed by atoms with E-state index in [0.717, 1.165) is 47.6 Å². The maximum atomic E-state index is 13.7. The molecule has 1 aliphatic heterocycles. The van der Waals surface area contributed by atoms with E-state index >= 15 is 0 Å². The fourth-order valence-electron chi connectivity index (χ4n) is 5.17. The van der Waals surface area contributed by atoms with Gasteiger partial charge in [0, 0.05) is 11.5 Å². The summed E-state index contributed by atoms with van der Waals surface area (Å²) in [5.41, 5.74) is 5.07. The van der Waals surface area contributed by atoms with Crippen molar-refractivity contribution in [3.05, 3.63) is 101 Å². The molecule has 5 heteroatoms. The van der Waals surface area contributed by atoms with Crippen LogP contribution in [0.5, 0.6) is 11.5 Å². The Morgan fingerprint density at radius 1 is 0.917 bits per heavy atom. The average Bonchev–Trinajstić information content (AvgIpc) is 3.31. The summed E-state index contributed by atoms with van der Waals surface area (Å²) in [6.07, 6.45) is 5.22. The van der Waals surface area contributed by atoms with Crippen LogP contribution in [0.3, 0.4) is 0 Å². The number of ether oxygens (including phenoxy) is 2. The summed E-state index contributed by atoms with van der Waals surface area (Å²) in [5, 5.41) is 6.71. The maximum absolute atomic E-state index is 13.7. The van der Waals surface area contributed by atoms with Crippen molar-refractivity contribution in [2.45, 2.75) is 39.2 Å². The number of benzene rings is 3. The summed E-state index contributed by atoms with van der Waals surface area (Å²) in [5.74, 6) is 1.78. The van der Waals surface area contributed by atoms with Crippen LogP contribution in [0.25, 0.3) is 6.08 Å². The van der Waals surface area contributed by atoms with Crippen LogP contribution in [-0.2, 0) is 0 Å². The molecule has 0 spiro atoms. The SMILES string of the molecule is CCOc1ccc(/C=C2/CCC[C@@H]3C2=NN(C(=O)c2ccccc2)[C@H]3c2ccc(OCC)cc2)cc1. The van der Waals surface area contributed by atoms with Crippen molar-refractivity contribution >= 4 is 17.7 Å². The van der Waals surface area contributed by atoms with E-state index < -0.39 is 0 Å². The van der Waals surface area contributed by atoms with Crippen LogP contribution in [0.15, 0.2) is 89.5 Å². The zero-order valence-corrected chi connectivity index (χ0v) is 20.9. The second-order valence-electron chi connectivity index (χ2n) is 9.12. The van der Waals surface area contributed by atoms with Gasteiger partial charge in [-0.05, 0) is 92.3 Å². The molecular formula is C31H32N2O3. The fraction of sp³-hybridized carbons (Fsp3) is 0.290. The molecule has 0 saturated heterocycles. The van der Waals surface area contributed by atoms with Gasteiger partial charge in [-0.15, -0.1) is 0 Å². The number of allylic oxidation sites excluding steroid dienone is 1. The molecule has 36 heavy (non-hydrogen) atoms. The predicted molar refractivity (Wildman–Crippen MR) is 143 cm³/mol. The Bertz CT molecular complexity index is 1250. The molecule has 1 aliphatic carbocycles. The van der Waals surface area contributed by atoms with E-state index in [0.29, 0.717) is 18.8 Å². The van der Waals surface area contributed by atoms with Gasteiger partial charge in [0.05, 0.1) is 25.0 Å². The zero-order chi connectivity index (χ0) is 24.9. The quantitative estimate of drug-likeness (QED) is 0.369. The van der Waals surface area contributed by atoms with Gasteiger partial charge in [-0.3, -0.25) is 4.79 Å². The molecule has 5 rings (SSSR count). The first-order valence-electron chi connectivity index (χ1n) is 12.8. The molecule has 0 radical (unpaired) electrons. The Kier molecular flexibility index (Phi) is 7.17. The number of amides is 1. The van der Waals surface area contributed by atoms with Crippen molar-refractivity contribution in [2.75, 3.05) is 13.2 Å². The topological polar surface area (TPSA) is 51.1 Å². The van der Waals surface area contributed by atoms with Crippen molar-refractivity contribution in [2.24, 2.45) is 11.0 Å². The van der Waals surface area contributed by atoms with Crippen molar-refractivity contribution < 1.29 is 14.3 Å². The molecule has 1 heterocycles. The summed E-state index contributed by atoms with van der Waals surface area (Å²) in [4.78, 5) is 13.7. The summed E-state index contributed by atoms with van der Waals surface area (Å²) >= 11 is 0. The van der Waals surface area contributed by atoms with Gasteiger partial charge in [0.15, 0.2) is 0 Å². The van der Waals surface area contributed by atoms with Gasteiger partial charge in [0.2, 0.25) is 0 Å². The Hall–Kier alpha value is -3.86. The molecule has 2 atom stereocenters. The Labute approximate surface area is 213 Å². The van der Waals surface area contributed by atoms with Crippen LogP contribution in [-0.4, -0.2) is 29.8 Å². The highest BCUT2D eigenvalue weighted by Gasteiger charge is 2.43. The highest BCUT2D eigenvalue weighted by Crippen LogP contribution is 2.45. The molecule has 1 amide bonds. The molecule has 1 saturated carbocycles. The standard InChI is InChI=1S/C31H32N2O3/c1-3-35-26-17-13-22(14-18-26)21-25-11-8-12-28-29(25)32-33(31(34)24-9-6-5-7-10-24)30(28)23-15-19-27(20-16-23)36-4-2/h5-7,9-10,13-21,28,30H,3-4,8,11-12H2,1-2H3/b25-21-/t28-,30+/m1/s1. The van der Waals surface area contributed by atoms with E-state index in [1.54, 1.807) is 5.01 Å². The third kappa shape index (κ3) is 4.92. The van der Waals surface area contributed by atoms with Crippen LogP contribution in [0.4, 0.5) is 0 Å². The Balaban J connectivity index is 1.51. The number of fused-ring (bicyclic) bond motifs is 1. The molecular weight excluding hydrogens is 448 g/mol. The van der Waals surface area contributed by atoms with Gasteiger partial charge < -0.3 is 9.47 Å². The smallest absolute Gasteiger partial charge is 0.274 e. The van der Waals surface area contributed by atoms with Crippen LogP contribution >= 0.6 is 0 Å². The first-order chi connectivity index (χ1) is 17.7. The molecule has 3 aromatic carbocycles. The van der Waals surface area contributed by atoms with Gasteiger partial charge in [-0.1, -0.05) is 42.5 Å². The maximum Gasteiger partial charge on any atom is 0.274 e. The first-order valence-corrected chi connectivity index (χ1v) is 12.8. The van der Waals surface area contributed by atoms with E-state index in [9.17, 15) is 4.79 Å². The number of hydrogen-bond donors (Lipinski definition) is 0. The second-order valence-corrected chi connectivity index (χ2v) is 9.12. The molecule has 2 aliphatic rings. The molecule has 0 aromatic heterocycles. The average molecular weight is 481 g/mol. The summed E-state index contributed by atoms with van der Waals surface area (Å²) < 4.78 is 11.2. The van der Waals surface area contributed by atoms with Crippen molar-refractivity contribution in [3.63, 3.8) is 0 Å². The monoisotopic (exact) mass is 480 g/mol. The minimum absolute atomic E-state index is 0.0724. The Morgan fingerprint density at radius 2 is 1.56 bits per heavy atom. The molecule has 184 valence electrons. The van der Waals surface area contributed by atoms with E-state index in [1.807, 2.05) is 68.4 Å². The number of carbonyl (C=O) groups excluding carboxylic acids is 1. The van der Waals surface area contributed by atoms with E-state index in [2.05, 4.69) is 30.3 Å². The Morgan fingerprint density at radius 3 is 2.19 bits per heavy atom. The highest BCUT2D eigenvalue weighted by atomic mass is 16.5. The second kappa shape index (κ2) is 10.8. The molecule has 5 nitrogen and oxygen atoms in total. The summed E-state index contributed by atoms with van der Waals surface area (Å²) in [6.45, 7) is 5.24. The number of rotatable bonds is 7. The lowest BCUT2D eigenvalue weighted by Gasteiger charge is -2.29. The van der Waals surface area contributed by atoms with Crippen molar-refractivity contribution in [1.29, 1.82) is 0 Å². The largest absolute Gasteiger partial charge is 0.494 e.